The van der Waals surface area contributed by atoms with Crippen LogP contribution < -0.4 is 10.6 Å². The van der Waals surface area contributed by atoms with E-state index < -0.39 is 0 Å². The predicted molar refractivity (Wildman–Crippen MR) is 81.1 cm³/mol. The van der Waals surface area contributed by atoms with E-state index in [1.54, 1.807) is 12.4 Å². The van der Waals surface area contributed by atoms with Crippen LogP contribution in [0.15, 0.2) is 36.9 Å². The Morgan fingerprint density at radius 2 is 2.19 bits per heavy atom. The van der Waals surface area contributed by atoms with Crippen LogP contribution >= 0.6 is 0 Å². The second kappa shape index (κ2) is 6.17. The molecule has 0 aliphatic carbocycles. The summed E-state index contributed by atoms with van der Waals surface area (Å²) >= 11 is 0. The van der Waals surface area contributed by atoms with Crippen LogP contribution in [-0.4, -0.2) is 31.1 Å². The van der Waals surface area contributed by atoms with Crippen LogP contribution in [0, 0.1) is 0 Å². The summed E-state index contributed by atoms with van der Waals surface area (Å²) in [6.45, 7) is 3.56. The summed E-state index contributed by atoms with van der Waals surface area (Å²) in [7, 11) is 0. The molecular weight excluding hydrogens is 266 g/mol. The largest absolute Gasteiger partial charge is 0.369 e. The number of nitrogens with zero attached hydrogens (tertiary/aromatic N) is 5. The molecule has 3 heterocycles. The van der Waals surface area contributed by atoms with Gasteiger partial charge in [-0.1, -0.05) is 6.92 Å². The van der Waals surface area contributed by atoms with Crippen molar-refractivity contribution >= 4 is 17.3 Å². The number of hydrogen-bond donors (Lipinski definition) is 2. The van der Waals surface area contributed by atoms with Gasteiger partial charge in [0.1, 0.15) is 5.82 Å². The Bertz CT molecular complexity index is 708. The second-order valence-electron chi connectivity index (χ2n) is 4.63. The van der Waals surface area contributed by atoms with Gasteiger partial charge in [0.2, 0.25) is 0 Å². The highest BCUT2D eigenvalue weighted by Gasteiger charge is 2.07. The molecule has 7 nitrogen and oxygen atoms in total. The summed E-state index contributed by atoms with van der Waals surface area (Å²) in [6, 6.07) is 3.78. The molecule has 0 aliphatic rings. The van der Waals surface area contributed by atoms with Crippen LogP contribution in [0.2, 0.25) is 0 Å². The minimum atomic E-state index is 0.556. The predicted octanol–water partition coefficient (Wildman–Crippen LogP) is 1.95. The van der Waals surface area contributed by atoms with E-state index in [4.69, 9.17) is 0 Å². The highest BCUT2D eigenvalue weighted by atomic mass is 15.2. The third-order valence-corrected chi connectivity index (χ3v) is 2.99. The molecule has 7 heteroatoms. The topological polar surface area (TPSA) is 80.0 Å². The van der Waals surface area contributed by atoms with Crippen molar-refractivity contribution in [3.8, 4) is 0 Å². The Balaban J connectivity index is 1.83. The summed E-state index contributed by atoms with van der Waals surface area (Å²) in [5.74, 6) is 1.55. The van der Waals surface area contributed by atoms with Crippen LogP contribution in [0.3, 0.4) is 0 Å². The Kier molecular flexibility index (Phi) is 3.90. The van der Waals surface area contributed by atoms with E-state index in [2.05, 4.69) is 37.7 Å². The molecule has 0 spiro atoms. The Labute approximate surface area is 122 Å². The van der Waals surface area contributed by atoms with Crippen molar-refractivity contribution in [3.63, 3.8) is 0 Å². The van der Waals surface area contributed by atoms with E-state index in [1.807, 2.05) is 28.9 Å². The maximum absolute atomic E-state index is 4.57. The average Bonchev–Trinajstić information content (AvgIpc) is 3.00. The summed E-state index contributed by atoms with van der Waals surface area (Å²) in [4.78, 5) is 8.90. The van der Waals surface area contributed by atoms with Gasteiger partial charge in [-0.25, -0.2) is 9.97 Å². The summed E-state index contributed by atoms with van der Waals surface area (Å²) in [6.07, 6.45) is 8.30. The smallest absolute Gasteiger partial charge is 0.180 e. The summed E-state index contributed by atoms with van der Waals surface area (Å²) in [5.41, 5.74) is 1.65. The molecule has 3 aromatic heterocycles. The number of rotatable bonds is 6. The average molecular weight is 283 g/mol. The van der Waals surface area contributed by atoms with Crippen molar-refractivity contribution in [3.05, 3.63) is 42.6 Å². The number of aromatic nitrogens is 5. The zero-order valence-corrected chi connectivity index (χ0v) is 11.8. The number of fused-ring (bicyclic) bond motifs is 1. The number of nitrogens with one attached hydrogen (secondary N) is 2. The first-order chi connectivity index (χ1) is 10.4. The van der Waals surface area contributed by atoms with Crippen molar-refractivity contribution in [2.45, 2.75) is 19.9 Å². The van der Waals surface area contributed by atoms with Gasteiger partial charge in [0.15, 0.2) is 11.5 Å². The van der Waals surface area contributed by atoms with Crippen LogP contribution in [-0.2, 0) is 6.54 Å². The fourth-order valence-electron chi connectivity index (χ4n) is 1.99. The molecule has 3 aromatic rings. The number of imidazole rings is 1. The highest BCUT2D eigenvalue weighted by Crippen LogP contribution is 2.17. The van der Waals surface area contributed by atoms with Gasteiger partial charge < -0.3 is 15.0 Å². The Morgan fingerprint density at radius 1 is 1.24 bits per heavy atom. The first kappa shape index (κ1) is 13.3. The zero-order valence-electron chi connectivity index (χ0n) is 11.8. The lowest BCUT2D eigenvalue weighted by atomic mass is 10.4. The molecule has 0 aromatic carbocycles. The molecule has 0 saturated carbocycles. The Hall–Kier alpha value is -2.70. The zero-order chi connectivity index (χ0) is 14.5. The van der Waals surface area contributed by atoms with Gasteiger partial charge in [-0.2, -0.15) is 10.2 Å². The second-order valence-corrected chi connectivity index (χ2v) is 4.63. The first-order valence-electron chi connectivity index (χ1n) is 6.95. The van der Waals surface area contributed by atoms with Gasteiger partial charge in [-0.15, -0.1) is 0 Å². The number of anilines is 2. The van der Waals surface area contributed by atoms with E-state index in [0.29, 0.717) is 6.54 Å². The van der Waals surface area contributed by atoms with Gasteiger partial charge in [0.05, 0.1) is 18.4 Å². The SMILES string of the molecule is CCCNc1cn2ccnc2c(NCc2cccnn2)n1. The molecule has 0 bridgehead atoms. The van der Waals surface area contributed by atoms with E-state index in [9.17, 15) is 0 Å². The molecule has 0 radical (unpaired) electrons. The molecule has 0 saturated heterocycles. The quantitative estimate of drug-likeness (QED) is 0.720. The van der Waals surface area contributed by atoms with Gasteiger partial charge in [-0.05, 0) is 18.6 Å². The van der Waals surface area contributed by atoms with E-state index >= 15 is 0 Å². The van der Waals surface area contributed by atoms with Crippen LogP contribution in [0.25, 0.3) is 5.65 Å². The fourth-order valence-corrected chi connectivity index (χ4v) is 1.99. The maximum Gasteiger partial charge on any atom is 0.180 e. The van der Waals surface area contributed by atoms with Gasteiger partial charge in [0.25, 0.3) is 0 Å². The molecule has 0 fully saturated rings. The molecule has 21 heavy (non-hydrogen) atoms. The van der Waals surface area contributed by atoms with Crippen LogP contribution in [0.4, 0.5) is 11.6 Å². The monoisotopic (exact) mass is 283 g/mol. The van der Waals surface area contributed by atoms with Crippen molar-refractivity contribution in [2.75, 3.05) is 17.2 Å². The van der Waals surface area contributed by atoms with Gasteiger partial charge in [0, 0.05) is 25.1 Å². The molecule has 108 valence electrons. The van der Waals surface area contributed by atoms with Gasteiger partial charge in [-0.3, -0.25) is 0 Å². The minimum Gasteiger partial charge on any atom is -0.369 e. The minimum absolute atomic E-state index is 0.556. The normalized spacial score (nSPS) is 10.7. The van der Waals surface area contributed by atoms with E-state index in [1.165, 1.54) is 0 Å². The third kappa shape index (κ3) is 3.07. The first-order valence-corrected chi connectivity index (χ1v) is 6.95. The number of hydrogen-bond acceptors (Lipinski definition) is 6. The lowest BCUT2D eigenvalue weighted by molar-refractivity contribution is 0.917. The maximum atomic E-state index is 4.57. The highest BCUT2D eigenvalue weighted by molar-refractivity contribution is 5.65. The Morgan fingerprint density at radius 3 is 3.00 bits per heavy atom. The van der Waals surface area contributed by atoms with Crippen molar-refractivity contribution in [1.29, 1.82) is 0 Å². The molecule has 2 N–H and O–H groups in total. The van der Waals surface area contributed by atoms with E-state index in [-0.39, 0.29) is 0 Å². The molecule has 0 atom stereocenters. The van der Waals surface area contributed by atoms with Crippen molar-refractivity contribution in [2.24, 2.45) is 0 Å². The molecular formula is C14H17N7. The molecule has 3 rings (SSSR count). The standard InChI is InChI=1S/C14H17N7/c1-2-5-15-12-10-21-8-7-16-14(21)13(19-12)17-9-11-4-3-6-18-20-11/h3-4,6-8,10,15H,2,5,9H2,1H3,(H,17,19). The molecule has 0 aliphatic heterocycles. The summed E-state index contributed by atoms with van der Waals surface area (Å²) < 4.78 is 1.95. The van der Waals surface area contributed by atoms with Crippen molar-refractivity contribution in [1.82, 2.24) is 24.6 Å². The van der Waals surface area contributed by atoms with Crippen molar-refractivity contribution < 1.29 is 0 Å². The van der Waals surface area contributed by atoms with Crippen LogP contribution in [0.1, 0.15) is 19.0 Å². The van der Waals surface area contributed by atoms with Gasteiger partial charge >= 0.3 is 0 Å². The molecule has 0 unspecified atom stereocenters. The fraction of sp³-hybridized carbons (Fsp3) is 0.286. The molecule has 0 amide bonds. The third-order valence-electron chi connectivity index (χ3n) is 2.99. The summed E-state index contributed by atoms with van der Waals surface area (Å²) in [5, 5.41) is 14.5. The van der Waals surface area contributed by atoms with E-state index in [0.717, 1.165) is 35.9 Å². The lowest BCUT2D eigenvalue weighted by Crippen LogP contribution is -2.09. The van der Waals surface area contributed by atoms with Crippen LogP contribution in [0.5, 0.6) is 0 Å². The lowest BCUT2D eigenvalue weighted by Gasteiger charge is -2.10.